The van der Waals surface area contributed by atoms with Crippen molar-refractivity contribution < 1.29 is 4.74 Å². The number of nitrogens with one attached hydrogen (secondary N) is 1. The molecule has 1 aliphatic carbocycles. The molecule has 0 saturated heterocycles. The number of nitrogens with zero attached hydrogens (tertiary/aromatic N) is 2. The Morgan fingerprint density at radius 3 is 2.40 bits per heavy atom. The SMILES string of the molecule is CCNc1nc(C2(OCC)CCCC2)nc(C)c1CC. The zero-order chi connectivity index (χ0) is 14.6. The molecule has 2 rings (SSSR count). The maximum absolute atomic E-state index is 6.09. The van der Waals surface area contributed by atoms with Crippen molar-refractivity contribution in [1.82, 2.24) is 9.97 Å². The van der Waals surface area contributed by atoms with E-state index >= 15 is 0 Å². The molecule has 1 fully saturated rings. The van der Waals surface area contributed by atoms with Crippen LogP contribution in [0.25, 0.3) is 0 Å². The zero-order valence-corrected chi connectivity index (χ0v) is 13.3. The average molecular weight is 277 g/mol. The molecule has 0 radical (unpaired) electrons. The second-order valence-corrected chi connectivity index (χ2v) is 5.48. The van der Waals surface area contributed by atoms with Gasteiger partial charge in [-0.05, 0) is 52.9 Å². The molecule has 1 heterocycles. The molecule has 0 bridgehead atoms. The highest BCUT2D eigenvalue weighted by Crippen LogP contribution is 2.41. The third-order valence-corrected chi connectivity index (χ3v) is 4.15. The van der Waals surface area contributed by atoms with Gasteiger partial charge in [-0.15, -0.1) is 0 Å². The molecule has 20 heavy (non-hydrogen) atoms. The molecule has 0 aromatic carbocycles. The van der Waals surface area contributed by atoms with Gasteiger partial charge in [-0.2, -0.15) is 0 Å². The van der Waals surface area contributed by atoms with E-state index in [0.717, 1.165) is 43.1 Å². The summed E-state index contributed by atoms with van der Waals surface area (Å²) in [7, 11) is 0. The second-order valence-electron chi connectivity index (χ2n) is 5.48. The fourth-order valence-electron chi connectivity index (χ4n) is 3.19. The fourth-order valence-corrected chi connectivity index (χ4v) is 3.19. The molecule has 1 saturated carbocycles. The topological polar surface area (TPSA) is 47.0 Å². The first-order valence-corrected chi connectivity index (χ1v) is 7.92. The van der Waals surface area contributed by atoms with Crippen molar-refractivity contribution in [3.8, 4) is 0 Å². The van der Waals surface area contributed by atoms with Crippen molar-refractivity contribution >= 4 is 5.82 Å². The highest BCUT2D eigenvalue weighted by molar-refractivity contribution is 5.47. The summed E-state index contributed by atoms with van der Waals surface area (Å²) in [5.41, 5.74) is 2.05. The third-order valence-electron chi connectivity index (χ3n) is 4.15. The van der Waals surface area contributed by atoms with E-state index in [9.17, 15) is 0 Å². The molecule has 4 heteroatoms. The predicted octanol–water partition coefficient (Wildman–Crippen LogP) is 3.59. The lowest BCUT2D eigenvalue weighted by atomic mass is 10.00. The summed E-state index contributed by atoms with van der Waals surface area (Å²) in [5.74, 6) is 1.87. The minimum Gasteiger partial charge on any atom is -0.370 e. The number of rotatable bonds is 6. The Kier molecular flexibility index (Phi) is 4.97. The van der Waals surface area contributed by atoms with Crippen molar-refractivity contribution in [3.05, 3.63) is 17.1 Å². The van der Waals surface area contributed by atoms with Crippen molar-refractivity contribution in [3.63, 3.8) is 0 Å². The molecular formula is C16H27N3O. The minimum atomic E-state index is -0.254. The van der Waals surface area contributed by atoms with E-state index in [1.807, 2.05) is 0 Å². The Morgan fingerprint density at radius 2 is 1.85 bits per heavy atom. The van der Waals surface area contributed by atoms with Gasteiger partial charge >= 0.3 is 0 Å². The van der Waals surface area contributed by atoms with Gasteiger partial charge in [-0.3, -0.25) is 0 Å². The number of hydrogen-bond acceptors (Lipinski definition) is 4. The van der Waals surface area contributed by atoms with Gasteiger partial charge in [0.25, 0.3) is 0 Å². The standard InChI is InChI=1S/C16H27N3O/c1-5-13-12(4)18-15(19-14(13)17-6-2)16(20-7-3)10-8-9-11-16/h5-11H2,1-4H3,(H,17,18,19). The molecule has 0 aliphatic heterocycles. The van der Waals surface area contributed by atoms with E-state index in [-0.39, 0.29) is 5.60 Å². The van der Waals surface area contributed by atoms with Gasteiger partial charge in [-0.1, -0.05) is 6.92 Å². The van der Waals surface area contributed by atoms with Crippen LogP contribution in [0.5, 0.6) is 0 Å². The molecule has 1 aliphatic rings. The number of aromatic nitrogens is 2. The summed E-state index contributed by atoms with van der Waals surface area (Å²) < 4.78 is 6.09. The normalized spacial score (nSPS) is 17.4. The Bertz CT molecular complexity index is 453. The van der Waals surface area contributed by atoms with E-state index in [2.05, 4.69) is 33.0 Å². The molecule has 0 atom stereocenters. The lowest BCUT2D eigenvalue weighted by Gasteiger charge is -2.28. The van der Waals surface area contributed by atoms with E-state index in [1.54, 1.807) is 0 Å². The van der Waals surface area contributed by atoms with Crippen LogP contribution in [-0.2, 0) is 16.8 Å². The van der Waals surface area contributed by atoms with E-state index in [0.29, 0.717) is 6.61 Å². The molecule has 1 N–H and O–H groups in total. The number of hydrogen-bond donors (Lipinski definition) is 1. The lowest BCUT2D eigenvalue weighted by Crippen LogP contribution is -2.30. The molecule has 0 amide bonds. The smallest absolute Gasteiger partial charge is 0.162 e. The third kappa shape index (κ3) is 2.80. The minimum absolute atomic E-state index is 0.254. The summed E-state index contributed by atoms with van der Waals surface area (Å²) in [5, 5.41) is 3.38. The van der Waals surface area contributed by atoms with Gasteiger partial charge in [0.15, 0.2) is 5.82 Å². The Labute approximate surface area is 122 Å². The van der Waals surface area contributed by atoms with Crippen LogP contribution in [0.4, 0.5) is 5.82 Å². The highest BCUT2D eigenvalue weighted by atomic mass is 16.5. The first-order chi connectivity index (χ1) is 9.66. The van der Waals surface area contributed by atoms with Crippen LogP contribution in [0.2, 0.25) is 0 Å². The summed E-state index contributed by atoms with van der Waals surface area (Å²) >= 11 is 0. The molecule has 4 nitrogen and oxygen atoms in total. The highest BCUT2D eigenvalue weighted by Gasteiger charge is 2.39. The largest absolute Gasteiger partial charge is 0.370 e. The summed E-state index contributed by atoms with van der Waals surface area (Å²) in [6.07, 6.45) is 5.44. The van der Waals surface area contributed by atoms with Crippen molar-refractivity contribution in [2.24, 2.45) is 0 Å². The number of ether oxygens (including phenoxy) is 1. The van der Waals surface area contributed by atoms with Crippen LogP contribution >= 0.6 is 0 Å². The first-order valence-electron chi connectivity index (χ1n) is 7.92. The van der Waals surface area contributed by atoms with E-state index in [1.165, 1.54) is 18.4 Å². The van der Waals surface area contributed by atoms with Crippen molar-refractivity contribution in [1.29, 1.82) is 0 Å². The quantitative estimate of drug-likeness (QED) is 0.863. The summed E-state index contributed by atoms with van der Waals surface area (Å²) in [6.45, 7) is 9.99. The van der Waals surface area contributed by atoms with Gasteiger partial charge in [0.1, 0.15) is 11.4 Å². The van der Waals surface area contributed by atoms with E-state index < -0.39 is 0 Å². The van der Waals surface area contributed by atoms with Crippen LogP contribution in [-0.4, -0.2) is 23.1 Å². The fraction of sp³-hybridized carbons (Fsp3) is 0.750. The molecule has 0 unspecified atom stereocenters. The van der Waals surface area contributed by atoms with Gasteiger partial charge in [-0.25, -0.2) is 9.97 Å². The van der Waals surface area contributed by atoms with Crippen molar-refractivity contribution in [2.75, 3.05) is 18.5 Å². The molecule has 0 spiro atoms. The predicted molar refractivity (Wildman–Crippen MR) is 82.1 cm³/mol. The summed E-state index contributed by atoms with van der Waals surface area (Å²) in [4.78, 5) is 9.60. The average Bonchev–Trinajstić information content (AvgIpc) is 2.89. The summed E-state index contributed by atoms with van der Waals surface area (Å²) in [6, 6.07) is 0. The van der Waals surface area contributed by atoms with Crippen LogP contribution in [0, 0.1) is 6.92 Å². The molecule has 1 aromatic rings. The lowest BCUT2D eigenvalue weighted by molar-refractivity contribution is -0.0457. The second kappa shape index (κ2) is 6.53. The maximum atomic E-state index is 6.09. The monoisotopic (exact) mass is 277 g/mol. The molecule has 1 aromatic heterocycles. The van der Waals surface area contributed by atoms with Crippen molar-refractivity contribution in [2.45, 2.75) is 65.4 Å². The van der Waals surface area contributed by atoms with Crippen LogP contribution < -0.4 is 5.32 Å². The van der Waals surface area contributed by atoms with Crippen LogP contribution in [0.15, 0.2) is 0 Å². The molecular weight excluding hydrogens is 250 g/mol. The Hall–Kier alpha value is -1.16. The Morgan fingerprint density at radius 1 is 1.15 bits per heavy atom. The number of anilines is 1. The van der Waals surface area contributed by atoms with Crippen LogP contribution in [0.3, 0.4) is 0 Å². The maximum Gasteiger partial charge on any atom is 0.162 e. The van der Waals surface area contributed by atoms with Gasteiger partial charge < -0.3 is 10.1 Å². The van der Waals surface area contributed by atoms with E-state index in [4.69, 9.17) is 14.7 Å². The van der Waals surface area contributed by atoms with Gasteiger partial charge in [0.05, 0.1) is 0 Å². The number of aryl methyl sites for hydroxylation is 1. The Balaban J connectivity index is 2.45. The van der Waals surface area contributed by atoms with Gasteiger partial charge in [0, 0.05) is 24.4 Å². The molecule has 112 valence electrons. The zero-order valence-electron chi connectivity index (χ0n) is 13.3. The van der Waals surface area contributed by atoms with Crippen LogP contribution in [0.1, 0.15) is 63.5 Å². The van der Waals surface area contributed by atoms with Gasteiger partial charge in [0.2, 0.25) is 0 Å². The first kappa shape index (κ1) is 15.2.